The van der Waals surface area contributed by atoms with E-state index in [1.807, 2.05) is 24.3 Å². The van der Waals surface area contributed by atoms with E-state index in [2.05, 4.69) is 6.92 Å². The Labute approximate surface area is 188 Å². The zero-order valence-electron chi connectivity index (χ0n) is 17.1. The van der Waals surface area contributed by atoms with Crippen molar-refractivity contribution in [1.82, 2.24) is 0 Å². The van der Waals surface area contributed by atoms with Crippen molar-refractivity contribution in [3.63, 3.8) is 0 Å². The molecule has 0 fully saturated rings. The van der Waals surface area contributed by atoms with Crippen LogP contribution in [0.5, 0.6) is 11.5 Å². The Balaban J connectivity index is 1.93. The molecule has 0 aliphatic heterocycles. The number of rotatable bonds is 12. The molecule has 30 heavy (non-hydrogen) atoms. The number of carbonyl (C=O) groups is 1. The predicted molar refractivity (Wildman–Crippen MR) is 122 cm³/mol. The minimum Gasteiger partial charge on any atom is -0.493 e. The first kappa shape index (κ1) is 24.5. The maximum Gasteiger partial charge on any atom is 0.156 e. The molecule has 0 atom stereocenters. The third-order valence-electron chi connectivity index (χ3n) is 4.33. The molecule has 164 valence electrons. The molecule has 0 radical (unpaired) electrons. The summed E-state index contributed by atoms with van der Waals surface area (Å²) in [5.74, 6) is 0.846. The Morgan fingerprint density at radius 2 is 1.57 bits per heavy atom. The molecule has 8 heteroatoms. The van der Waals surface area contributed by atoms with E-state index in [1.165, 1.54) is 0 Å². The first-order valence-corrected chi connectivity index (χ1v) is 12.6. The first-order valence-electron chi connectivity index (χ1n) is 9.74. The van der Waals surface area contributed by atoms with E-state index in [9.17, 15) is 13.2 Å². The maximum absolute atomic E-state index is 11.7. The average Bonchev–Trinajstić information content (AvgIpc) is 2.68. The molecule has 0 aliphatic rings. The molecule has 5 nitrogen and oxygen atoms in total. The Morgan fingerprint density at radius 1 is 0.933 bits per heavy atom. The number of benzene rings is 2. The molecule has 0 saturated carbocycles. The number of unbranched alkanes of at least 4 members (excludes halogenated alkanes) is 1. The van der Waals surface area contributed by atoms with Gasteiger partial charge in [0.1, 0.15) is 21.4 Å². The third kappa shape index (κ3) is 8.17. The molecule has 0 heterocycles. The van der Waals surface area contributed by atoms with Gasteiger partial charge in [-0.15, -0.1) is 0 Å². The Hall–Kier alpha value is -1.76. The highest BCUT2D eigenvalue weighted by atomic mass is 35.5. The van der Waals surface area contributed by atoms with Crippen molar-refractivity contribution in [2.24, 2.45) is 0 Å². The molecule has 2 rings (SSSR count). The van der Waals surface area contributed by atoms with Crippen molar-refractivity contribution in [2.75, 3.05) is 25.2 Å². The Morgan fingerprint density at radius 3 is 2.13 bits per heavy atom. The van der Waals surface area contributed by atoms with Gasteiger partial charge in [-0.2, -0.15) is 0 Å². The molecular formula is C22H26Cl2O5S. The number of hydrogen-bond acceptors (Lipinski definition) is 5. The van der Waals surface area contributed by atoms with E-state index in [0.29, 0.717) is 28.2 Å². The normalized spacial score (nSPS) is 11.3. The smallest absolute Gasteiger partial charge is 0.156 e. The molecule has 0 unspecified atom stereocenters. The van der Waals surface area contributed by atoms with E-state index < -0.39 is 9.84 Å². The second-order valence-electron chi connectivity index (χ2n) is 7.01. The van der Waals surface area contributed by atoms with Crippen molar-refractivity contribution in [1.29, 1.82) is 0 Å². The fourth-order valence-electron chi connectivity index (χ4n) is 2.63. The van der Waals surface area contributed by atoms with Crippen LogP contribution in [0.3, 0.4) is 0 Å². The molecular weight excluding hydrogens is 447 g/mol. The maximum atomic E-state index is 11.7. The van der Waals surface area contributed by atoms with Gasteiger partial charge < -0.3 is 9.47 Å². The van der Waals surface area contributed by atoms with Crippen LogP contribution in [0.1, 0.15) is 32.6 Å². The average molecular weight is 473 g/mol. The molecule has 2 aromatic rings. The van der Waals surface area contributed by atoms with Crippen LogP contribution < -0.4 is 9.47 Å². The van der Waals surface area contributed by atoms with Gasteiger partial charge in [0.05, 0.1) is 29.0 Å². The Kier molecular flexibility index (Phi) is 9.46. The van der Waals surface area contributed by atoms with Crippen LogP contribution >= 0.6 is 23.2 Å². The zero-order valence-corrected chi connectivity index (χ0v) is 19.4. The van der Waals surface area contributed by atoms with Crippen molar-refractivity contribution in [3.05, 3.63) is 46.4 Å². The minimum atomic E-state index is -3.13. The second kappa shape index (κ2) is 11.6. The molecule has 0 N–H and O–H groups in total. The van der Waals surface area contributed by atoms with Gasteiger partial charge in [-0.25, -0.2) is 8.42 Å². The van der Waals surface area contributed by atoms with Crippen LogP contribution in [0.25, 0.3) is 11.1 Å². The van der Waals surface area contributed by atoms with Crippen LogP contribution in [0, 0.1) is 0 Å². The van der Waals surface area contributed by atoms with Crippen LogP contribution in [-0.2, 0) is 14.6 Å². The van der Waals surface area contributed by atoms with Crippen molar-refractivity contribution in [2.45, 2.75) is 32.6 Å². The molecule has 0 amide bonds. The number of sulfone groups is 1. The lowest BCUT2D eigenvalue weighted by Gasteiger charge is -2.12. The number of hydrogen-bond donors (Lipinski definition) is 0. The van der Waals surface area contributed by atoms with Crippen LogP contribution in [0.2, 0.25) is 10.0 Å². The number of Topliss-reactive ketones (excluding diaryl/α,β-unsaturated/α-hetero) is 1. The van der Waals surface area contributed by atoms with Crippen LogP contribution in [0.4, 0.5) is 0 Å². The van der Waals surface area contributed by atoms with Gasteiger partial charge in [0.2, 0.25) is 0 Å². The largest absolute Gasteiger partial charge is 0.493 e. The van der Waals surface area contributed by atoms with Crippen LogP contribution in [0.15, 0.2) is 36.4 Å². The Bertz CT molecular complexity index is 933. The lowest BCUT2D eigenvalue weighted by Crippen LogP contribution is -2.12. The monoisotopic (exact) mass is 472 g/mol. The van der Waals surface area contributed by atoms with E-state index in [0.717, 1.165) is 30.2 Å². The topological polar surface area (TPSA) is 69.7 Å². The quantitative estimate of drug-likeness (QED) is 0.375. The van der Waals surface area contributed by atoms with Gasteiger partial charge in [-0.05, 0) is 41.8 Å². The lowest BCUT2D eigenvalue weighted by molar-refractivity contribution is -0.119. The molecule has 0 aliphatic carbocycles. The SMILES string of the molecule is CCCCOc1c(Cl)cc(-c2ccc(OCCC(=O)CCS(C)(=O)=O)cc2)cc1Cl. The number of ketones is 1. The van der Waals surface area contributed by atoms with Crippen molar-refractivity contribution >= 4 is 38.8 Å². The number of carbonyl (C=O) groups excluding carboxylic acids is 1. The van der Waals surface area contributed by atoms with Gasteiger partial charge in [-0.3, -0.25) is 4.79 Å². The summed E-state index contributed by atoms with van der Waals surface area (Å²) in [4.78, 5) is 11.7. The summed E-state index contributed by atoms with van der Waals surface area (Å²) in [6.07, 6.45) is 3.25. The van der Waals surface area contributed by atoms with E-state index in [4.69, 9.17) is 32.7 Å². The van der Waals surface area contributed by atoms with Gasteiger partial charge in [0, 0.05) is 19.1 Å². The first-order chi connectivity index (χ1) is 14.2. The van der Waals surface area contributed by atoms with E-state index in [-0.39, 0.29) is 31.0 Å². The molecule has 0 saturated heterocycles. The van der Waals surface area contributed by atoms with Crippen molar-refractivity contribution in [3.8, 4) is 22.6 Å². The fraction of sp³-hybridized carbons (Fsp3) is 0.409. The van der Waals surface area contributed by atoms with Crippen LogP contribution in [-0.4, -0.2) is 39.4 Å². The van der Waals surface area contributed by atoms with Gasteiger partial charge in [0.15, 0.2) is 5.75 Å². The second-order valence-corrected chi connectivity index (χ2v) is 10.1. The predicted octanol–water partition coefficient (Wildman–Crippen LogP) is 5.61. The molecule has 0 bridgehead atoms. The standard InChI is InChI=1S/C22H26Cl2O5S/c1-3-4-11-29-22-20(23)14-17(15-21(22)24)16-5-7-19(8-6-16)28-12-9-18(25)10-13-30(2,26)27/h5-8,14-15H,3-4,9-13H2,1-2H3. The summed E-state index contributed by atoms with van der Waals surface area (Å²) in [6.45, 7) is 2.85. The summed E-state index contributed by atoms with van der Waals surface area (Å²) in [5.41, 5.74) is 1.77. The van der Waals surface area contributed by atoms with Gasteiger partial charge in [-0.1, -0.05) is 48.7 Å². The summed E-state index contributed by atoms with van der Waals surface area (Å²) >= 11 is 12.7. The summed E-state index contributed by atoms with van der Waals surface area (Å²) in [6, 6.07) is 11.0. The van der Waals surface area contributed by atoms with E-state index >= 15 is 0 Å². The molecule has 2 aromatic carbocycles. The van der Waals surface area contributed by atoms with Gasteiger partial charge in [0.25, 0.3) is 0 Å². The molecule has 0 spiro atoms. The number of halogens is 2. The zero-order chi connectivity index (χ0) is 22.1. The van der Waals surface area contributed by atoms with Gasteiger partial charge >= 0.3 is 0 Å². The highest BCUT2D eigenvalue weighted by Crippen LogP contribution is 2.38. The van der Waals surface area contributed by atoms with E-state index in [1.54, 1.807) is 12.1 Å². The summed E-state index contributed by atoms with van der Waals surface area (Å²) < 4.78 is 33.4. The molecule has 0 aromatic heterocycles. The summed E-state index contributed by atoms with van der Waals surface area (Å²) in [5, 5.41) is 0.920. The highest BCUT2D eigenvalue weighted by Gasteiger charge is 2.12. The highest BCUT2D eigenvalue weighted by molar-refractivity contribution is 7.90. The van der Waals surface area contributed by atoms with Crippen molar-refractivity contribution < 1.29 is 22.7 Å². The fourth-order valence-corrected chi connectivity index (χ4v) is 3.83. The minimum absolute atomic E-state index is 0.0147. The third-order valence-corrected chi connectivity index (χ3v) is 5.84. The summed E-state index contributed by atoms with van der Waals surface area (Å²) in [7, 11) is -3.13. The lowest BCUT2D eigenvalue weighted by atomic mass is 10.1. The number of ether oxygens (including phenoxy) is 2.